The molecular weight excluding hydrogens is 525 g/mol. The third-order valence-corrected chi connectivity index (χ3v) is 8.03. The molecule has 3 N–H and O–H groups in total. The molecule has 2 aromatic rings. The Balaban J connectivity index is 1.42. The van der Waals surface area contributed by atoms with Gasteiger partial charge in [-0.05, 0) is 49.3 Å². The van der Waals surface area contributed by atoms with Crippen LogP contribution in [0.4, 0.5) is 22.0 Å². The second kappa shape index (κ2) is 10.1. The van der Waals surface area contributed by atoms with Crippen molar-refractivity contribution in [1.29, 1.82) is 5.26 Å². The molecule has 39 heavy (non-hydrogen) atoms. The normalized spacial score (nSPS) is 26.8. The summed E-state index contributed by atoms with van der Waals surface area (Å²) in [5, 5.41) is 14.6. The largest absolute Gasteiger partial charge is 0.356 e. The molecule has 0 bridgehead atoms. The van der Waals surface area contributed by atoms with Gasteiger partial charge in [0.05, 0.1) is 11.6 Å². The molecule has 1 aromatic heterocycles. The van der Waals surface area contributed by atoms with Crippen LogP contribution in [0.25, 0.3) is 10.9 Å². The number of H-pyrrole nitrogens is 1. The standard InChI is InChI=1S/C26H26F5N5O3/c27-18-4-3-15(22(28)29)20-16(18)7-19(35-20)25(39)36-11-13-8-26(30,31)9-17(13)21(36)24(38)34-14(10-32)6-12-2-1-5-33-23(12)37/h3-4,7,12-14,17,21-22,35H,1-2,5-6,8-9,11H2,(H,33,37)(H,34,38)/t12-,13-,14-,17-,21+/m1/s1. The molecule has 1 aliphatic carbocycles. The maximum atomic E-state index is 14.4. The zero-order valence-electron chi connectivity index (χ0n) is 20.7. The van der Waals surface area contributed by atoms with E-state index in [0.29, 0.717) is 19.4 Å². The van der Waals surface area contributed by atoms with Crippen LogP contribution in [0.5, 0.6) is 0 Å². The highest BCUT2D eigenvalue weighted by Gasteiger charge is 2.58. The number of aromatic amines is 1. The molecule has 0 radical (unpaired) electrons. The zero-order valence-corrected chi connectivity index (χ0v) is 20.7. The molecule has 3 fully saturated rings. The molecule has 0 spiro atoms. The van der Waals surface area contributed by atoms with E-state index in [-0.39, 0.29) is 35.5 Å². The number of nitrogens with one attached hydrogen (secondary N) is 3. The molecule has 1 saturated carbocycles. The molecule has 3 amide bonds. The van der Waals surface area contributed by atoms with E-state index in [2.05, 4.69) is 15.6 Å². The highest BCUT2D eigenvalue weighted by atomic mass is 19.3. The summed E-state index contributed by atoms with van der Waals surface area (Å²) in [5.41, 5.74) is -1.05. The van der Waals surface area contributed by atoms with Crippen molar-refractivity contribution in [1.82, 2.24) is 20.5 Å². The van der Waals surface area contributed by atoms with Crippen molar-refractivity contribution >= 4 is 28.6 Å². The predicted octanol–water partition coefficient (Wildman–Crippen LogP) is 3.66. The smallest absolute Gasteiger partial charge is 0.271 e. The molecular formula is C26H26F5N5O3. The molecule has 2 saturated heterocycles. The van der Waals surface area contributed by atoms with Crippen LogP contribution in [0.2, 0.25) is 0 Å². The highest BCUT2D eigenvalue weighted by Crippen LogP contribution is 2.50. The Kier molecular flexibility index (Phi) is 6.99. The fourth-order valence-corrected chi connectivity index (χ4v) is 6.25. The van der Waals surface area contributed by atoms with Crippen molar-refractivity contribution in [3.8, 4) is 6.07 Å². The summed E-state index contributed by atoms with van der Waals surface area (Å²) < 4.78 is 69.9. The number of carbonyl (C=O) groups excluding carboxylic acids is 3. The fourth-order valence-electron chi connectivity index (χ4n) is 6.25. The molecule has 8 nitrogen and oxygen atoms in total. The first-order chi connectivity index (χ1) is 18.5. The molecule has 208 valence electrons. The summed E-state index contributed by atoms with van der Waals surface area (Å²) in [6.45, 7) is 0.324. The van der Waals surface area contributed by atoms with E-state index in [0.717, 1.165) is 23.1 Å². The Labute approximate surface area is 219 Å². The number of nitrogens with zero attached hydrogens (tertiary/aromatic N) is 2. The van der Waals surface area contributed by atoms with Gasteiger partial charge in [0, 0.05) is 42.8 Å². The second-order valence-corrected chi connectivity index (χ2v) is 10.6. The lowest BCUT2D eigenvalue weighted by molar-refractivity contribution is -0.129. The topological polar surface area (TPSA) is 118 Å². The van der Waals surface area contributed by atoms with Gasteiger partial charge in [-0.1, -0.05) is 0 Å². The molecule has 2 aliphatic heterocycles. The number of aromatic nitrogens is 1. The van der Waals surface area contributed by atoms with Crippen molar-refractivity contribution in [2.24, 2.45) is 17.8 Å². The lowest BCUT2D eigenvalue weighted by Gasteiger charge is -2.29. The molecule has 5 atom stereocenters. The fraction of sp³-hybridized carbons (Fsp3) is 0.538. The van der Waals surface area contributed by atoms with Crippen molar-refractivity contribution in [2.45, 2.75) is 56.5 Å². The van der Waals surface area contributed by atoms with Gasteiger partial charge in [-0.15, -0.1) is 0 Å². The molecule has 0 unspecified atom stereocenters. The Morgan fingerprint density at radius 3 is 2.72 bits per heavy atom. The number of hydrogen-bond acceptors (Lipinski definition) is 4. The summed E-state index contributed by atoms with van der Waals surface area (Å²) >= 11 is 0. The number of halogens is 5. The maximum absolute atomic E-state index is 14.4. The van der Waals surface area contributed by atoms with Crippen LogP contribution < -0.4 is 10.6 Å². The number of rotatable bonds is 6. The number of likely N-dealkylation sites (tertiary alicyclic amines) is 1. The Hall–Kier alpha value is -3.69. The van der Waals surface area contributed by atoms with Crippen molar-refractivity contribution in [3.05, 3.63) is 35.3 Å². The van der Waals surface area contributed by atoms with Crippen molar-refractivity contribution < 1.29 is 36.3 Å². The SMILES string of the molecule is N#C[C@@H](C[C@H]1CCCNC1=O)NC(=O)[C@@H]1[C@@H]2CC(F)(F)C[C@@H]2CN1C(=O)c1cc2c(F)ccc(C(F)F)c2[nH]1. The summed E-state index contributed by atoms with van der Waals surface area (Å²) in [5.74, 6) is -7.86. The van der Waals surface area contributed by atoms with Crippen molar-refractivity contribution in [2.75, 3.05) is 13.1 Å². The van der Waals surface area contributed by atoms with Crippen LogP contribution in [-0.4, -0.2) is 58.7 Å². The maximum Gasteiger partial charge on any atom is 0.271 e. The Morgan fingerprint density at radius 2 is 2.03 bits per heavy atom. The van der Waals surface area contributed by atoms with E-state index in [1.807, 2.05) is 6.07 Å². The number of nitriles is 1. The van der Waals surface area contributed by atoms with Crippen LogP contribution in [0, 0.1) is 34.9 Å². The second-order valence-electron chi connectivity index (χ2n) is 10.6. The summed E-state index contributed by atoms with van der Waals surface area (Å²) in [4.78, 5) is 42.7. The van der Waals surface area contributed by atoms with E-state index >= 15 is 0 Å². The van der Waals surface area contributed by atoms with Gasteiger partial charge in [0.2, 0.25) is 17.7 Å². The van der Waals surface area contributed by atoms with Crippen LogP contribution in [0.15, 0.2) is 18.2 Å². The zero-order chi connectivity index (χ0) is 28.1. The minimum Gasteiger partial charge on any atom is -0.356 e. The van der Waals surface area contributed by atoms with Gasteiger partial charge in [-0.2, -0.15) is 5.26 Å². The van der Waals surface area contributed by atoms with Gasteiger partial charge in [0.25, 0.3) is 12.3 Å². The Morgan fingerprint density at radius 1 is 1.26 bits per heavy atom. The number of fused-ring (bicyclic) bond motifs is 2. The van der Waals surface area contributed by atoms with Gasteiger partial charge in [-0.25, -0.2) is 22.0 Å². The predicted molar refractivity (Wildman–Crippen MR) is 127 cm³/mol. The first kappa shape index (κ1) is 26.9. The Bertz CT molecular complexity index is 1360. The first-order valence-corrected chi connectivity index (χ1v) is 12.7. The van der Waals surface area contributed by atoms with Crippen molar-refractivity contribution in [3.63, 3.8) is 0 Å². The third-order valence-electron chi connectivity index (χ3n) is 8.03. The van der Waals surface area contributed by atoms with Crippen LogP contribution in [0.3, 0.4) is 0 Å². The van der Waals surface area contributed by atoms with Crippen LogP contribution in [0.1, 0.15) is 54.6 Å². The molecule has 3 heterocycles. The minimum atomic E-state index is -3.03. The number of piperidine rings is 1. The van der Waals surface area contributed by atoms with Gasteiger partial charge in [-0.3, -0.25) is 14.4 Å². The number of amides is 3. The van der Waals surface area contributed by atoms with Gasteiger partial charge >= 0.3 is 0 Å². The molecule has 3 aliphatic rings. The highest BCUT2D eigenvalue weighted by molar-refractivity contribution is 6.01. The number of alkyl halides is 4. The molecule has 13 heteroatoms. The molecule has 5 rings (SSSR count). The minimum absolute atomic E-state index is 0.0245. The van der Waals surface area contributed by atoms with Gasteiger partial charge in [0.15, 0.2) is 0 Å². The lowest BCUT2D eigenvalue weighted by atomic mass is 9.90. The quantitative estimate of drug-likeness (QED) is 0.475. The van der Waals surface area contributed by atoms with Crippen LogP contribution >= 0.6 is 0 Å². The average Bonchev–Trinajstić information content (AvgIpc) is 3.54. The molecule has 1 aromatic carbocycles. The average molecular weight is 552 g/mol. The van der Waals surface area contributed by atoms with Gasteiger partial charge in [0.1, 0.15) is 23.6 Å². The summed E-state index contributed by atoms with van der Waals surface area (Å²) in [7, 11) is 0. The van der Waals surface area contributed by atoms with E-state index in [1.165, 1.54) is 0 Å². The number of hydrogen-bond donors (Lipinski definition) is 3. The van der Waals surface area contributed by atoms with Crippen LogP contribution in [-0.2, 0) is 9.59 Å². The lowest BCUT2D eigenvalue weighted by Crippen LogP contribution is -2.52. The summed E-state index contributed by atoms with van der Waals surface area (Å²) in [6, 6.07) is 2.30. The monoisotopic (exact) mass is 551 g/mol. The van der Waals surface area contributed by atoms with E-state index in [9.17, 15) is 41.6 Å². The van der Waals surface area contributed by atoms with E-state index < -0.39 is 78.2 Å². The number of carbonyl (C=O) groups is 3. The number of benzene rings is 1. The first-order valence-electron chi connectivity index (χ1n) is 12.7. The summed E-state index contributed by atoms with van der Waals surface area (Å²) in [6.07, 6.45) is -2.86. The third kappa shape index (κ3) is 5.04. The van der Waals surface area contributed by atoms with E-state index in [4.69, 9.17) is 0 Å². The van der Waals surface area contributed by atoms with Gasteiger partial charge < -0.3 is 20.5 Å². The van der Waals surface area contributed by atoms with E-state index in [1.54, 1.807) is 0 Å².